The van der Waals surface area contributed by atoms with E-state index in [1.165, 1.54) is 41.8 Å². The Labute approximate surface area is 97.9 Å². The van der Waals surface area contributed by atoms with E-state index in [9.17, 15) is 0 Å². The van der Waals surface area contributed by atoms with Crippen LogP contribution in [0.2, 0.25) is 18.1 Å². The van der Waals surface area contributed by atoms with Crippen molar-refractivity contribution in [1.82, 2.24) is 0 Å². The van der Waals surface area contributed by atoms with Crippen molar-refractivity contribution in [1.29, 1.82) is 0 Å². The molecule has 0 aromatic rings. The summed E-state index contributed by atoms with van der Waals surface area (Å²) in [7, 11) is 0.640. The van der Waals surface area contributed by atoms with Crippen LogP contribution in [0, 0.1) is 0 Å². The third kappa shape index (κ3) is 5.37. The second-order valence-corrected chi connectivity index (χ2v) is 9.03. The number of hydrogen-bond donors (Lipinski definition) is 0. The summed E-state index contributed by atoms with van der Waals surface area (Å²) < 4.78 is 7.14. The highest BCUT2D eigenvalue weighted by molar-refractivity contribution is 14.1. The van der Waals surface area contributed by atoms with Crippen LogP contribution in [-0.2, 0) is 4.43 Å². The molecule has 0 aromatic carbocycles. The van der Waals surface area contributed by atoms with Crippen molar-refractivity contribution in [2.45, 2.75) is 51.2 Å². The maximum atomic E-state index is 5.86. The maximum Gasteiger partial charge on any atom is 0.192 e. The van der Waals surface area contributed by atoms with Crippen molar-refractivity contribution < 1.29 is 4.43 Å². The summed E-state index contributed by atoms with van der Waals surface area (Å²) in [4.78, 5) is 0. The monoisotopic (exact) mass is 314 g/mol. The van der Waals surface area contributed by atoms with Gasteiger partial charge in [-0.05, 0) is 29.0 Å². The summed E-state index contributed by atoms with van der Waals surface area (Å²) in [6.07, 6.45) is 3.93. The molecular formula is C10H23IOSi. The molecule has 0 fully saturated rings. The summed E-state index contributed by atoms with van der Waals surface area (Å²) in [5.41, 5.74) is 0. The van der Waals surface area contributed by atoms with Gasteiger partial charge in [-0.15, -0.1) is 0 Å². The lowest BCUT2D eigenvalue weighted by atomic mass is 10.6. The van der Waals surface area contributed by atoms with Crippen LogP contribution >= 0.6 is 22.6 Å². The van der Waals surface area contributed by atoms with Crippen LogP contribution in [0.1, 0.15) is 33.1 Å². The van der Waals surface area contributed by atoms with Gasteiger partial charge in [0.05, 0.1) is 0 Å². The minimum atomic E-state index is -1.30. The van der Waals surface area contributed by atoms with E-state index in [0.29, 0.717) is 0 Å². The van der Waals surface area contributed by atoms with Gasteiger partial charge >= 0.3 is 0 Å². The summed E-state index contributed by atoms with van der Waals surface area (Å²) in [6.45, 7) is 4.56. The SMILES string of the molecule is CCC[Si](CCC)(CCCI)OC. The van der Waals surface area contributed by atoms with Crippen LogP contribution < -0.4 is 0 Å². The van der Waals surface area contributed by atoms with Crippen LogP contribution in [0.4, 0.5) is 0 Å². The van der Waals surface area contributed by atoms with Crippen LogP contribution in [0.3, 0.4) is 0 Å². The van der Waals surface area contributed by atoms with Gasteiger partial charge in [-0.25, -0.2) is 0 Å². The van der Waals surface area contributed by atoms with E-state index >= 15 is 0 Å². The van der Waals surface area contributed by atoms with Crippen LogP contribution in [0.25, 0.3) is 0 Å². The van der Waals surface area contributed by atoms with E-state index < -0.39 is 8.32 Å². The first-order chi connectivity index (χ1) is 6.24. The normalized spacial score (nSPS) is 12.0. The molecule has 0 rings (SSSR count). The lowest BCUT2D eigenvalue weighted by Crippen LogP contribution is -2.36. The maximum absolute atomic E-state index is 5.86. The molecule has 0 N–H and O–H groups in total. The molecule has 0 heterocycles. The Hall–Kier alpha value is 0.907. The molecule has 0 radical (unpaired) electrons. The molecule has 0 atom stereocenters. The second kappa shape index (κ2) is 8.23. The molecule has 3 heteroatoms. The molecule has 80 valence electrons. The highest BCUT2D eigenvalue weighted by atomic mass is 127. The molecule has 0 aliphatic rings. The zero-order valence-electron chi connectivity index (χ0n) is 9.24. The molecule has 0 amide bonds. The zero-order chi connectivity index (χ0) is 10.2. The summed E-state index contributed by atoms with van der Waals surface area (Å²) in [5, 5.41) is 0. The predicted molar refractivity (Wildman–Crippen MR) is 71.3 cm³/mol. The summed E-state index contributed by atoms with van der Waals surface area (Å²) in [6, 6.07) is 4.08. The molecule has 0 saturated carbocycles. The van der Waals surface area contributed by atoms with Crippen LogP contribution in [0.5, 0.6) is 0 Å². The Kier molecular flexibility index (Phi) is 8.81. The van der Waals surface area contributed by atoms with E-state index in [0.717, 1.165) is 0 Å². The van der Waals surface area contributed by atoms with Gasteiger partial charge in [0.1, 0.15) is 0 Å². The molecule has 0 aliphatic carbocycles. The lowest BCUT2D eigenvalue weighted by molar-refractivity contribution is 0.386. The highest BCUT2D eigenvalue weighted by Gasteiger charge is 2.30. The first kappa shape index (κ1) is 13.9. The van der Waals surface area contributed by atoms with E-state index in [-0.39, 0.29) is 0 Å². The molecule has 0 unspecified atom stereocenters. The van der Waals surface area contributed by atoms with Crippen molar-refractivity contribution in [2.24, 2.45) is 0 Å². The van der Waals surface area contributed by atoms with Crippen LogP contribution in [0.15, 0.2) is 0 Å². The topological polar surface area (TPSA) is 9.23 Å². The molecule has 13 heavy (non-hydrogen) atoms. The summed E-state index contributed by atoms with van der Waals surface area (Å²) >= 11 is 2.47. The average Bonchev–Trinajstić information content (AvgIpc) is 2.15. The number of alkyl halides is 1. The van der Waals surface area contributed by atoms with Crippen molar-refractivity contribution in [3.63, 3.8) is 0 Å². The van der Waals surface area contributed by atoms with E-state index in [1.54, 1.807) is 0 Å². The Morgan fingerprint density at radius 2 is 1.62 bits per heavy atom. The van der Waals surface area contributed by atoms with E-state index in [2.05, 4.69) is 36.4 Å². The highest BCUT2D eigenvalue weighted by Crippen LogP contribution is 2.26. The third-order valence-corrected chi connectivity index (χ3v) is 8.33. The van der Waals surface area contributed by atoms with Gasteiger partial charge in [0.2, 0.25) is 0 Å². The standard InChI is InChI=1S/C10H23IOSi/c1-4-8-13(12-3,9-5-2)10-6-7-11/h4-10H2,1-3H3. The van der Waals surface area contributed by atoms with E-state index in [4.69, 9.17) is 4.43 Å². The van der Waals surface area contributed by atoms with Crippen molar-refractivity contribution in [2.75, 3.05) is 11.5 Å². The molecule has 1 nitrogen and oxygen atoms in total. The Balaban J connectivity index is 4.07. The Morgan fingerprint density at radius 3 is 1.92 bits per heavy atom. The number of rotatable bonds is 8. The van der Waals surface area contributed by atoms with Gasteiger partial charge in [0.15, 0.2) is 8.32 Å². The van der Waals surface area contributed by atoms with E-state index in [1.807, 2.05) is 7.11 Å². The number of hydrogen-bond acceptors (Lipinski definition) is 1. The fourth-order valence-corrected chi connectivity index (χ4v) is 7.09. The molecule has 0 bridgehead atoms. The first-order valence-electron chi connectivity index (χ1n) is 5.35. The van der Waals surface area contributed by atoms with Gasteiger partial charge < -0.3 is 4.43 Å². The van der Waals surface area contributed by atoms with Crippen molar-refractivity contribution >= 4 is 30.9 Å². The molecule has 0 aliphatic heterocycles. The fourth-order valence-electron chi connectivity index (χ4n) is 1.98. The minimum Gasteiger partial charge on any atom is -0.420 e. The smallest absolute Gasteiger partial charge is 0.192 e. The van der Waals surface area contributed by atoms with Gasteiger partial charge in [-0.1, -0.05) is 49.3 Å². The minimum absolute atomic E-state index is 1.28. The van der Waals surface area contributed by atoms with Gasteiger partial charge in [0.25, 0.3) is 0 Å². The largest absolute Gasteiger partial charge is 0.420 e. The number of halogens is 1. The Bertz CT molecular complexity index is 113. The first-order valence-corrected chi connectivity index (χ1v) is 9.41. The van der Waals surface area contributed by atoms with Gasteiger partial charge in [-0.2, -0.15) is 0 Å². The Morgan fingerprint density at radius 1 is 1.08 bits per heavy atom. The summed E-state index contributed by atoms with van der Waals surface area (Å²) in [5.74, 6) is 0. The second-order valence-electron chi connectivity index (χ2n) is 3.68. The molecule has 0 saturated heterocycles. The third-order valence-electron chi connectivity index (χ3n) is 2.61. The lowest BCUT2D eigenvalue weighted by Gasteiger charge is -2.29. The van der Waals surface area contributed by atoms with Crippen molar-refractivity contribution in [3.8, 4) is 0 Å². The average molecular weight is 314 g/mol. The predicted octanol–water partition coefficient (Wildman–Crippen LogP) is 4.22. The molecular weight excluding hydrogens is 291 g/mol. The van der Waals surface area contributed by atoms with Gasteiger partial charge in [0, 0.05) is 7.11 Å². The van der Waals surface area contributed by atoms with Crippen molar-refractivity contribution in [3.05, 3.63) is 0 Å². The zero-order valence-corrected chi connectivity index (χ0v) is 12.4. The van der Waals surface area contributed by atoms with Gasteiger partial charge in [-0.3, -0.25) is 0 Å². The molecule has 0 aromatic heterocycles. The quantitative estimate of drug-likeness (QED) is 0.370. The molecule has 0 spiro atoms. The van der Waals surface area contributed by atoms with Crippen LogP contribution in [-0.4, -0.2) is 19.9 Å². The fraction of sp³-hybridized carbons (Fsp3) is 1.00.